The summed E-state index contributed by atoms with van der Waals surface area (Å²) in [7, 11) is 0. The van der Waals surface area contributed by atoms with Crippen LogP contribution in [0.1, 0.15) is 40.0 Å². The number of nitrogens with two attached hydrogens (primary N) is 1. The van der Waals surface area contributed by atoms with Crippen molar-refractivity contribution in [2.75, 3.05) is 11.1 Å². The Labute approximate surface area is 199 Å². The Morgan fingerprint density at radius 2 is 1.86 bits per heavy atom. The lowest BCUT2D eigenvalue weighted by Gasteiger charge is -2.18. The maximum Gasteiger partial charge on any atom is 0.418 e. The number of carbonyl (C=O) groups is 2. The molecule has 1 aliphatic carbocycles. The Hall–Kier alpha value is -4.15. The molecule has 1 fully saturated rings. The predicted molar refractivity (Wildman–Crippen MR) is 124 cm³/mol. The first-order valence-electron chi connectivity index (χ1n) is 10.8. The molecule has 0 bridgehead atoms. The molecule has 1 saturated carbocycles. The molecule has 0 spiro atoms. The summed E-state index contributed by atoms with van der Waals surface area (Å²) in [5.74, 6) is -0.786. The number of rotatable bonds is 7. The SMILES string of the molecule is Cc1cc(Nc2ccccc2C(F)(F)F)cnc1CNC(=O)C1(NC(=O)c2cncc(N)c2)CC1. The third kappa shape index (κ3) is 5.51. The zero-order valence-electron chi connectivity index (χ0n) is 18.7. The number of aryl methyl sites for hydroxylation is 1. The number of carbonyl (C=O) groups excluding carboxylic acids is 2. The summed E-state index contributed by atoms with van der Waals surface area (Å²) >= 11 is 0. The molecule has 4 rings (SSSR count). The van der Waals surface area contributed by atoms with E-state index in [9.17, 15) is 22.8 Å². The molecular weight excluding hydrogens is 461 g/mol. The second-order valence-corrected chi connectivity index (χ2v) is 8.38. The lowest BCUT2D eigenvalue weighted by atomic mass is 10.1. The first-order valence-corrected chi connectivity index (χ1v) is 10.8. The second-order valence-electron chi connectivity index (χ2n) is 8.38. The molecule has 1 aliphatic rings. The Kier molecular flexibility index (Phi) is 6.33. The molecule has 1 aromatic carbocycles. The minimum Gasteiger partial charge on any atom is -0.397 e. The fraction of sp³-hybridized carbons (Fsp3) is 0.250. The van der Waals surface area contributed by atoms with Gasteiger partial charge in [0.15, 0.2) is 0 Å². The molecule has 0 saturated heterocycles. The number of nitrogen functional groups attached to an aromatic ring is 1. The van der Waals surface area contributed by atoms with Gasteiger partial charge in [-0.25, -0.2) is 0 Å². The molecule has 5 N–H and O–H groups in total. The zero-order valence-corrected chi connectivity index (χ0v) is 18.7. The molecule has 3 aromatic rings. The Balaban J connectivity index is 1.38. The number of pyridine rings is 2. The van der Waals surface area contributed by atoms with Gasteiger partial charge < -0.3 is 21.7 Å². The monoisotopic (exact) mass is 484 g/mol. The number of alkyl halides is 3. The van der Waals surface area contributed by atoms with Gasteiger partial charge in [0, 0.05) is 12.4 Å². The van der Waals surface area contributed by atoms with Crippen molar-refractivity contribution in [3.05, 3.63) is 77.4 Å². The first kappa shape index (κ1) is 24.0. The quantitative estimate of drug-likeness (QED) is 0.406. The highest BCUT2D eigenvalue weighted by molar-refractivity contribution is 6.00. The van der Waals surface area contributed by atoms with Gasteiger partial charge in [0.1, 0.15) is 5.54 Å². The van der Waals surface area contributed by atoms with Gasteiger partial charge in [-0.3, -0.25) is 19.6 Å². The second kappa shape index (κ2) is 9.24. The molecule has 11 heteroatoms. The Morgan fingerprint density at radius 3 is 2.51 bits per heavy atom. The predicted octanol–water partition coefficient (Wildman–Crippen LogP) is 3.71. The van der Waals surface area contributed by atoms with Crippen LogP contribution in [-0.4, -0.2) is 27.3 Å². The maximum absolute atomic E-state index is 13.2. The molecule has 0 aliphatic heterocycles. The van der Waals surface area contributed by atoms with Gasteiger partial charge >= 0.3 is 6.18 Å². The van der Waals surface area contributed by atoms with Gasteiger partial charge in [0.05, 0.1) is 46.6 Å². The van der Waals surface area contributed by atoms with Crippen molar-refractivity contribution in [2.45, 2.75) is 38.0 Å². The summed E-state index contributed by atoms with van der Waals surface area (Å²) < 4.78 is 39.7. The number of nitrogens with one attached hydrogen (secondary N) is 3. The highest BCUT2D eigenvalue weighted by Gasteiger charge is 2.51. The summed E-state index contributed by atoms with van der Waals surface area (Å²) in [6.45, 7) is 1.85. The van der Waals surface area contributed by atoms with E-state index in [-0.39, 0.29) is 23.7 Å². The number of nitrogens with zero attached hydrogens (tertiary/aromatic N) is 2. The van der Waals surface area contributed by atoms with E-state index in [1.165, 1.54) is 42.9 Å². The van der Waals surface area contributed by atoms with E-state index >= 15 is 0 Å². The van der Waals surface area contributed by atoms with E-state index in [0.29, 0.717) is 35.5 Å². The molecule has 0 radical (unpaired) electrons. The minimum absolute atomic E-state index is 0.0796. The van der Waals surface area contributed by atoms with Gasteiger partial charge in [-0.15, -0.1) is 0 Å². The Bertz CT molecular complexity index is 1270. The number of aromatic nitrogens is 2. The van der Waals surface area contributed by atoms with Crippen molar-refractivity contribution < 1.29 is 22.8 Å². The smallest absolute Gasteiger partial charge is 0.397 e. The van der Waals surface area contributed by atoms with Gasteiger partial charge in [-0.2, -0.15) is 13.2 Å². The molecule has 2 aromatic heterocycles. The van der Waals surface area contributed by atoms with Crippen LogP contribution in [0.5, 0.6) is 0 Å². The highest BCUT2D eigenvalue weighted by Crippen LogP contribution is 2.37. The molecule has 8 nitrogen and oxygen atoms in total. The van der Waals surface area contributed by atoms with Crippen LogP contribution in [-0.2, 0) is 17.5 Å². The summed E-state index contributed by atoms with van der Waals surface area (Å²) in [5, 5.41) is 8.29. The number of halogens is 3. The molecule has 0 atom stereocenters. The first-order chi connectivity index (χ1) is 16.6. The van der Waals surface area contributed by atoms with E-state index in [1.54, 1.807) is 13.0 Å². The normalized spacial score (nSPS) is 14.2. The zero-order chi connectivity index (χ0) is 25.2. The van der Waals surface area contributed by atoms with Crippen LogP contribution in [0.4, 0.5) is 30.2 Å². The summed E-state index contributed by atoms with van der Waals surface area (Å²) in [5.41, 5.74) is 6.02. The lowest BCUT2D eigenvalue weighted by molar-refractivity contribution is -0.137. The van der Waals surface area contributed by atoms with Crippen LogP contribution in [0.15, 0.2) is 55.0 Å². The average Bonchev–Trinajstić information content (AvgIpc) is 3.58. The van der Waals surface area contributed by atoms with Gasteiger partial charge in [0.25, 0.3) is 5.91 Å². The largest absolute Gasteiger partial charge is 0.418 e. The Morgan fingerprint density at radius 1 is 1.11 bits per heavy atom. The molecule has 2 amide bonds. The van der Waals surface area contributed by atoms with E-state index in [2.05, 4.69) is 25.9 Å². The van der Waals surface area contributed by atoms with E-state index in [0.717, 1.165) is 6.07 Å². The third-order valence-corrected chi connectivity index (χ3v) is 5.67. The molecule has 0 unspecified atom stereocenters. The van der Waals surface area contributed by atoms with Crippen LogP contribution >= 0.6 is 0 Å². The van der Waals surface area contributed by atoms with Crippen molar-refractivity contribution in [1.29, 1.82) is 0 Å². The number of hydrogen-bond acceptors (Lipinski definition) is 6. The molecule has 2 heterocycles. The standard InChI is InChI=1S/C24H23F3N6O2/c1-14-8-17(32-19-5-3-2-4-18(19)24(25,26)27)12-30-20(14)13-31-22(35)23(6-7-23)33-21(34)15-9-16(28)11-29-10-15/h2-5,8-12,32H,6-7,13,28H2,1H3,(H,31,35)(H,33,34). The third-order valence-electron chi connectivity index (χ3n) is 5.67. The minimum atomic E-state index is -4.49. The van der Waals surface area contributed by atoms with Gasteiger partial charge in [0.2, 0.25) is 5.91 Å². The number of para-hydroxylation sites is 1. The van der Waals surface area contributed by atoms with Crippen molar-refractivity contribution in [1.82, 2.24) is 20.6 Å². The van der Waals surface area contributed by atoms with Crippen LogP contribution in [0.2, 0.25) is 0 Å². The molecule has 182 valence electrons. The topological polar surface area (TPSA) is 122 Å². The number of hydrogen-bond donors (Lipinski definition) is 4. The average molecular weight is 484 g/mol. The summed E-state index contributed by atoms with van der Waals surface area (Å²) in [4.78, 5) is 33.4. The van der Waals surface area contributed by atoms with E-state index in [4.69, 9.17) is 5.73 Å². The maximum atomic E-state index is 13.2. The fourth-order valence-corrected chi connectivity index (χ4v) is 3.59. The summed E-state index contributed by atoms with van der Waals surface area (Å²) in [6, 6.07) is 8.31. The highest BCUT2D eigenvalue weighted by atomic mass is 19.4. The van der Waals surface area contributed by atoms with Crippen molar-refractivity contribution >= 4 is 28.9 Å². The fourth-order valence-electron chi connectivity index (χ4n) is 3.59. The van der Waals surface area contributed by atoms with Crippen LogP contribution in [0, 0.1) is 6.92 Å². The van der Waals surface area contributed by atoms with Gasteiger partial charge in [-0.1, -0.05) is 12.1 Å². The van der Waals surface area contributed by atoms with Gasteiger partial charge in [-0.05, 0) is 49.6 Å². The van der Waals surface area contributed by atoms with Crippen molar-refractivity contribution in [3.8, 4) is 0 Å². The van der Waals surface area contributed by atoms with Crippen LogP contribution < -0.4 is 21.7 Å². The number of amides is 2. The van der Waals surface area contributed by atoms with Crippen LogP contribution in [0.25, 0.3) is 0 Å². The van der Waals surface area contributed by atoms with Crippen molar-refractivity contribution in [3.63, 3.8) is 0 Å². The van der Waals surface area contributed by atoms with E-state index < -0.39 is 23.2 Å². The lowest BCUT2D eigenvalue weighted by Crippen LogP contribution is -2.48. The van der Waals surface area contributed by atoms with Crippen LogP contribution in [0.3, 0.4) is 0 Å². The summed E-state index contributed by atoms with van der Waals surface area (Å²) in [6.07, 6.45) is 0.691. The number of anilines is 3. The molecular formula is C24H23F3N6O2. The number of benzene rings is 1. The van der Waals surface area contributed by atoms with Crippen molar-refractivity contribution in [2.24, 2.45) is 0 Å². The van der Waals surface area contributed by atoms with E-state index in [1.807, 2.05) is 0 Å². The molecule has 35 heavy (non-hydrogen) atoms.